The molecule has 0 spiro atoms. The molecular formula is C26H34N3O2+. The van der Waals surface area contributed by atoms with Crippen molar-refractivity contribution < 1.29 is 14.4 Å². The highest BCUT2D eigenvalue weighted by atomic mass is 16.6. The lowest BCUT2D eigenvalue weighted by atomic mass is 9.55. The summed E-state index contributed by atoms with van der Waals surface area (Å²) in [5.41, 5.74) is 3.56. The summed E-state index contributed by atoms with van der Waals surface area (Å²) in [5, 5.41) is 9.00. The quantitative estimate of drug-likeness (QED) is 0.603. The second kappa shape index (κ2) is 7.98. The van der Waals surface area contributed by atoms with Gasteiger partial charge >= 0.3 is 5.97 Å². The molecule has 2 heterocycles. The Morgan fingerprint density at radius 2 is 2.03 bits per heavy atom. The second-order valence-corrected chi connectivity index (χ2v) is 10.5. The van der Waals surface area contributed by atoms with Crippen LogP contribution in [0.1, 0.15) is 44.6 Å². The van der Waals surface area contributed by atoms with Gasteiger partial charge in [0.2, 0.25) is 0 Å². The van der Waals surface area contributed by atoms with Crippen LogP contribution >= 0.6 is 0 Å². The first-order valence-corrected chi connectivity index (χ1v) is 11.9. The number of nitriles is 1. The van der Waals surface area contributed by atoms with Crippen LogP contribution in [0.2, 0.25) is 0 Å². The molecule has 2 saturated carbocycles. The Hall–Kier alpha value is -2.32. The van der Waals surface area contributed by atoms with Crippen LogP contribution in [0.5, 0.6) is 0 Å². The Kier molecular flexibility index (Phi) is 5.30. The number of piperazine rings is 1. The van der Waals surface area contributed by atoms with Gasteiger partial charge in [0.15, 0.2) is 0 Å². The lowest BCUT2D eigenvalue weighted by Crippen LogP contribution is -3.15. The Balaban J connectivity index is 1.21. The van der Waals surface area contributed by atoms with Gasteiger partial charge in [0.25, 0.3) is 0 Å². The number of anilines is 1. The minimum atomic E-state index is 0.0424. The van der Waals surface area contributed by atoms with E-state index in [4.69, 9.17) is 10.00 Å². The molecule has 0 unspecified atom stereocenters. The molecule has 5 heteroatoms. The zero-order valence-corrected chi connectivity index (χ0v) is 18.6. The van der Waals surface area contributed by atoms with Crippen molar-refractivity contribution in [1.29, 1.82) is 5.26 Å². The van der Waals surface area contributed by atoms with E-state index in [9.17, 15) is 4.79 Å². The largest absolute Gasteiger partial charge is 0.462 e. The predicted octanol–water partition coefficient (Wildman–Crippen LogP) is 2.58. The minimum absolute atomic E-state index is 0.0424. The number of nitrogens with zero attached hydrogens (tertiary/aromatic N) is 2. The number of allylic oxidation sites excluding steroid dienone is 1. The molecule has 4 aliphatic rings. The first kappa shape index (κ1) is 20.6. The number of esters is 1. The van der Waals surface area contributed by atoms with Crippen LogP contribution < -0.4 is 9.80 Å². The summed E-state index contributed by atoms with van der Waals surface area (Å²) in [6.45, 7) is 11.7. The van der Waals surface area contributed by atoms with Crippen molar-refractivity contribution in [3.8, 4) is 6.07 Å². The minimum Gasteiger partial charge on any atom is -0.462 e. The zero-order valence-electron chi connectivity index (χ0n) is 18.6. The Labute approximate surface area is 185 Å². The molecule has 2 aliphatic heterocycles. The predicted molar refractivity (Wildman–Crippen MR) is 120 cm³/mol. The lowest BCUT2D eigenvalue weighted by molar-refractivity contribution is -0.903. The van der Waals surface area contributed by atoms with Crippen LogP contribution in [-0.4, -0.2) is 44.8 Å². The zero-order chi connectivity index (χ0) is 21.6. The molecule has 1 aromatic carbocycles. The molecule has 5 atom stereocenters. The number of carbonyl (C=O) groups is 1. The molecule has 5 nitrogen and oxygen atoms in total. The Morgan fingerprint density at radius 1 is 1.29 bits per heavy atom. The maximum atomic E-state index is 12.9. The van der Waals surface area contributed by atoms with Crippen LogP contribution in [0.4, 0.5) is 5.69 Å². The van der Waals surface area contributed by atoms with Crippen LogP contribution in [-0.2, 0) is 9.53 Å². The number of quaternary nitrogens is 1. The highest BCUT2D eigenvalue weighted by molar-refractivity contribution is 5.75. The summed E-state index contributed by atoms with van der Waals surface area (Å²) in [5.74, 6) is 1.01. The third-order valence-electron chi connectivity index (χ3n) is 8.66. The third-order valence-corrected chi connectivity index (χ3v) is 8.66. The van der Waals surface area contributed by atoms with E-state index in [-0.39, 0.29) is 23.4 Å². The van der Waals surface area contributed by atoms with Crippen molar-refractivity contribution in [3.05, 3.63) is 42.0 Å². The van der Waals surface area contributed by atoms with Gasteiger partial charge in [-0.15, -0.1) is 0 Å². The third kappa shape index (κ3) is 3.76. The van der Waals surface area contributed by atoms with Crippen molar-refractivity contribution in [2.24, 2.45) is 23.2 Å². The van der Waals surface area contributed by atoms with Crippen LogP contribution in [0.25, 0.3) is 0 Å². The molecule has 164 valence electrons. The van der Waals surface area contributed by atoms with Gasteiger partial charge in [0.1, 0.15) is 12.0 Å². The van der Waals surface area contributed by atoms with Crippen molar-refractivity contribution in [2.45, 2.75) is 45.1 Å². The Morgan fingerprint density at radius 3 is 2.74 bits per heavy atom. The highest BCUT2D eigenvalue weighted by Crippen LogP contribution is 2.56. The van der Waals surface area contributed by atoms with E-state index in [1.165, 1.54) is 29.0 Å². The topological polar surface area (TPSA) is 57.8 Å². The number of nitrogens with one attached hydrogen (secondary N) is 1. The molecule has 2 saturated heterocycles. The van der Waals surface area contributed by atoms with E-state index in [1.54, 1.807) is 0 Å². The first-order chi connectivity index (χ1) is 15.0. The lowest BCUT2D eigenvalue weighted by Gasteiger charge is -2.50. The van der Waals surface area contributed by atoms with E-state index in [0.717, 1.165) is 52.0 Å². The average Bonchev–Trinajstić information content (AvgIpc) is 3.06. The van der Waals surface area contributed by atoms with E-state index in [0.29, 0.717) is 17.4 Å². The van der Waals surface area contributed by atoms with Gasteiger partial charge in [-0.2, -0.15) is 5.26 Å². The molecule has 4 fully saturated rings. The summed E-state index contributed by atoms with van der Waals surface area (Å²) < 4.78 is 5.96. The molecule has 2 aliphatic carbocycles. The fourth-order valence-corrected chi connectivity index (χ4v) is 6.83. The number of hydrogen-bond donors (Lipinski definition) is 1. The summed E-state index contributed by atoms with van der Waals surface area (Å²) in [7, 11) is 0. The van der Waals surface area contributed by atoms with Gasteiger partial charge in [-0.25, -0.2) is 0 Å². The molecule has 5 rings (SSSR count). The van der Waals surface area contributed by atoms with Gasteiger partial charge in [-0.3, -0.25) is 4.79 Å². The van der Waals surface area contributed by atoms with Crippen molar-refractivity contribution in [2.75, 3.05) is 37.6 Å². The molecule has 1 N–H and O–H groups in total. The van der Waals surface area contributed by atoms with Gasteiger partial charge in [-0.1, -0.05) is 19.1 Å². The van der Waals surface area contributed by atoms with E-state index in [1.807, 2.05) is 24.3 Å². The highest BCUT2D eigenvalue weighted by Gasteiger charge is 2.56. The number of ether oxygens (including phenoxy) is 1. The van der Waals surface area contributed by atoms with Crippen molar-refractivity contribution >= 4 is 11.7 Å². The molecule has 31 heavy (non-hydrogen) atoms. The summed E-state index contributed by atoms with van der Waals surface area (Å²) >= 11 is 0. The molecule has 0 bridgehead atoms. The molecular weight excluding hydrogens is 386 g/mol. The van der Waals surface area contributed by atoms with E-state index < -0.39 is 0 Å². The smallest absolute Gasteiger partial charge is 0.315 e. The van der Waals surface area contributed by atoms with Crippen LogP contribution in [0.15, 0.2) is 36.4 Å². The summed E-state index contributed by atoms with van der Waals surface area (Å²) in [6.07, 6.45) is 5.84. The van der Waals surface area contributed by atoms with Crippen molar-refractivity contribution in [1.82, 2.24) is 0 Å². The van der Waals surface area contributed by atoms with Crippen molar-refractivity contribution in [3.63, 3.8) is 0 Å². The first-order valence-electron chi connectivity index (χ1n) is 11.9. The normalized spacial score (nSPS) is 35.8. The standard InChI is InChI=1S/C26H33N3O2/c1-18-4-3-9-26(2)15-24-21(14-23(18)26)22(25(30)31-24)17-28-10-12-29(13-11-28)20-7-5-19(16-27)6-8-20/h5-8,21-24H,1,3-4,9-15,17H2,2H3/p+1/t21-,22-,23+,24-,26-/m1/s1. The molecule has 0 radical (unpaired) electrons. The fraction of sp³-hybridized carbons (Fsp3) is 0.615. The van der Waals surface area contributed by atoms with Gasteiger partial charge in [0, 0.05) is 11.6 Å². The van der Waals surface area contributed by atoms with E-state index >= 15 is 0 Å². The maximum absolute atomic E-state index is 12.9. The summed E-state index contributed by atoms with van der Waals surface area (Å²) in [6, 6.07) is 10.0. The number of fused-ring (bicyclic) bond motifs is 2. The average molecular weight is 421 g/mol. The Bertz CT molecular complexity index is 896. The fourth-order valence-electron chi connectivity index (χ4n) is 6.83. The number of rotatable bonds is 3. The molecule has 0 aromatic heterocycles. The number of hydrogen-bond acceptors (Lipinski definition) is 4. The van der Waals surface area contributed by atoms with Gasteiger partial charge < -0.3 is 14.5 Å². The maximum Gasteiger partial charge on any atom is 0.315 e. The van der Waals surface area contributed by atoms with Crippen LogP contribution in [0.3, 0.4) is 0 Å². The molecule has 0 amide bonds. The molecule has 1 aromatic rings. The van der Waals surface area contributed by atoms with Gasteiger partial charge in [0.05, 0.1) is 44.4 Å². The van der Waals surface area contributed by atoms with Gasteiger partial charge in [-0.05, 0) is 67.7 Å². The van der Waals surface area contributed by atoms with E-state index in [2.05, 4.69) is 24.5 Å². The summed E-state index contributed by atoms with van der Waals surface area (Å²) in [4.78, 5) is 16.8. The van der Waals surface area contributed by atoms with Crippen LogP contribution in [0, 0.1) is 34.5 Å². The number of carbonyl (C=O) groups excluding carboxylic acids is 1. The number of benzene rings is 1. The SMILES string of the molecule is C=C1CCC[C@]2(C)C[C@H]3OC(=O)[C@H](C[NH+]4CCN(c5ccc(C#N)cc5)CC4)[C@H]3C[C@@H]12. The second-order valence-electron chi connectivity index (χ2n) is 10.5. The monoisotopic (exact) mass is 420 g/mol.